The molecule has 0 spiro atoms. The summed E-state index contributed by atoms with van der Waals surface area (Å²) in [5, 5.41) is 31.8. The number of hydrogen-bond acceptors (Lipinski definition) is 9. The fourth-order valence-corrected chi connectivity index (χ4v) is 3.55. The van der Waals surface area contributed by atoms with Crippen LogP contribution in [0.5, 0.6) is 0 Å². The fraction of sp³-hybridized carbons (Fsp3) is 0.500. The van der Waals surface area contributed by atoms with Crippen LogP contribution in [-0.4, -0.2) is 69.9 Å². The Morgan fingerprint density at radius 3 is 2.50 bits per heavy atom. The van der Waals surface area contributed by atoms with Gasteiger partial charge in [-0.15, -0.1) is 0 Å². The Morgan fingerprint density at radius 1 is 1.27 bits per heavy atom. The number of rotatable bonds is 6. The molecule has 0 amide bonds. The molecule has 1 aromatic rings. The van der Waals surface area contributed by atoms with Gasteiger partial charge in [0.2, 0.25) is 0 Å². The Hall–Kier alpha value is -1.28. The highest BCUT2D eigenvalue weighted by Gasteiger charge is 2.45. The summed E-state index contributed by atoms with van der Waals surface area (Å²) in [4.78, 5) is 0. The van der Waals surface area contributed by atoms with Gasteiger partial charge in [0.25, 0.3) is 0 Å². The fourth-order valence-electron chi connectivity index (χ4n) is 2.23. The predicted octanol–water partition coefficient (Wildman–Crippen LogP) is -0.128. The number of oxime groups is 1. The lowest BCUT2D eigenvalue weighted by molar-refractivity contribution is -0.188. The summed E-state index contributed by atoms with van der Waals surface area (Å²) >= 11 is 0.604. The number of nitrogens with zero attached hydrogens (tertiary/aromatic N) is 1. The second kappa shape index (κ2) is 9.08. The van der Waals surface area contributed by atoms with E-state index in [1.807, 2.05) is 0 Å². The molecule has 1 saturated heterocycles. The Morgan fingerprint density at radius 2 is 1.92 bits per heavy atom. The first-order chi connectivity index (χ1) is 12.2. The van der Waals surface area contributed by atoms with Crippen LogP contribution in [0.4, 0.5) is 4.39 Å². The average molecular weight is 411 g/mol. The van der Waals surface area contributed by atoms with Gasteiger partial charge in [0.15, 0.2) is 6.17 Å². The summed E-state index contributed by atoms with van der Waals surface area (Å²) in [6.07, 6.45) is -6.66. The van der Waals surface area contributed by atoms with Crippen LogP contribution in [-0.2, 0) is 25.8 Å². The minimum Gasteiger partial charge on any atom is -0.394 e. The van der Waals surface area contributed by atoms with E-state index >= 15 is 0 Å². The van der Waals surface area contributed by atoms with E-state index in [-0.39, 0.29) is 11.5 Å². The van der Waals surface area contributed by atoms with E-state index < -0.39 is 46.9 Å². The van der Waals surface area contributed by atoms with E-state index in [4.69, 9.17) is 14.4 Å². The van der Waals surface area contributed by atoms with Gasteiger partial charge in [-0.1, -0.05) is 47.2 Å². The first-order valence-corrected chi connectivity index (χ1v) is 9.66. The first kappa shape index (κ1) is 21.0. The molecule has 1 aromatic carbocycles. The van der Waals surface area contributed by atoms with Crippen molar-refractivity contribution in [3.63, 3.8) is 0 Å². The van der Waals surface area contributed by atoms with Crippen LogP contribution in [0.2, 0.25) is 0 Å². The van der Waals surface area contributed by atoms with Crippen molar-refractivity contribution >= 4 is 27.2 Å². The van der Waals surface area contributed by atoms with E-state index in [1.54, 1.807) is 30.3 Å². The van der Waals surface area contributed by atoms with E-state index in [9.17, 15) is 23.0 Å². The Labute approximate surface area is 153 Å². The largest absolute Gasteiger partial charge is 0.466 e. The molecule has 1 aliphatic heterocycles. The summed E-state index contributed by atoms with van der Waals surface area (Å²) in [6, 6.07) is 8.60. The summed E-state index contributed by atoms with van der Waals surface area (Å²) < 4.78 is 53.6. The van der Waals surface area contributed by atoms with Crippen molar-refractivity contribution in [1.82, 2.24) is 0 Å². The first-order valence-electron chi connectivity index (χ1n) is 7.41. The Bertz CT molecular complexity index is 715. The van der Waals surface area contributed by atoms with Crippen molar-refractivity contribution in [3.8, 4) is 0 Å². The van der Waals surface area contributed by atoms with Crippen molar-refractivity contribution in [1.29, 1.82) is 0 Å². The number of benzene rings is 1. The zero-order chi connectivity index (χ0) is 19.3. The van der Waals surface area contributed by atoms with Crippen LogP contribution < -0.4 is 0 Å². The molecule has 146 valence electrons. The topological polar surface area (TPSA) is 146 Å². The lowest BCUT2D eigenvalue weighted by atomic mass is 10.0. The van der Waals surface area contributed by atoms with Crippen LogP contribution in [0, 0.1) is 0 Å². The van der Waals surface area contributed by atoms with Crippen LogP contribution in [0.15, 0.2) is 35.5 Å². The zero-order valence-electron chi connectivity index (χ0n) is 13.3. The molecule has 0 unspecified atom stereocenters. The molecule has 0 aromatic heterocycles. The maximum atomic E-state index is 14.3. The quantitative estimate of drug-likeness (QED) is 0.218. The molecule has 12 heteroatoms. The maximum Gasteiger partial charge on any atom is 0.466 e. The number of aliphatic hydroxyl groups is 3. The lowest BCUT2D eigenvalue weighted by Gasteiger charge is -2.38. The van der Waals surface area contributed by atoms with Crippen LogP contribution in [0.25, 0.3) is 0 Å². The van der Waals surface area contributed by atoms with Crippen molar-refractivity contribution in [3.05, 3.63) is 35.9 Å². The van der Waals surface area contributed by atoms with Gasteiger partial charge >= 0.3 is 10.4 Å². The highest BCUT2D eigenvalue weighted by Crippen LogP contribution is 2.32. The molecule has 0 bridgehead atoms. The summed E-state index contributed by atoms with van der Waals surface area (Å²) in [7, 11) is -4.87. The number of alkyl halides is 1. The van der Waals surface area contributed by atoms with Crippen LogP contribution in [0.1, 0.15) is 5.56 Å². The number of hydrogen-bond donors (Lipinski definition) is 4. The SMILES string of the molecule is O=S(=O)(O)O/N=C(\Cc1ccccc1)S[C@@H]1O[C@H](CO)[C@@H](O)[C@H](O)[C@H]1F. The number of aliphatic hydroxyl groups excluding tert-OH is 3. The second-order valence-corrected chi connectivity index (χ2v) is 7.59. The number of halogens is 1. The molecule has 4 N–H and O–H groups in total. The molecular formula is C14H18FNO8S2. The standard InChI is InChI=1S/C14H18FNO8S2/c15-11-13(19)12(18)9(7-17)23-14(11)25-10(16-24-26(20,21)22)6-8-4-2-1-3-5-8/h1-5,9,11-14,17-19H,6-7H2,(H,20,21,22)/b16-10+/t9-,11-,12-,13-,14+/m1/s1. The van der Waals surface area contributed by atoms with Crippen LogP contribution >= 0.6 is 11.8 Å². The minimum atomic E-state index is -4.87. The van der Waals surface area contributed by atoms with Crippen molar-refractivity contribution in [2.45, 2.75) is 36.3 Å². The van der Waals surface area contributed by atoms with E-state index in [1.165, 1.54) is 0 Å². The second-order valence-electron chi connectivity index (χ2n) is 5.42. The van der Waals surface area contributed by atoms with E-state index in [0.717, 1.165) is 0 Å². The highest BCUT2D eigenvalue weighted by molar-refractivity contribution is 8.14. The molecular weight excluding hydrogens is 393 g/mol. The number of thioether (sulfide) groups is 1. The maximum absolute atomic E-state index is 14.3. The van der Waals surface area contributed by atoms with Gasteiger partial charge in [-0.3, -0.25) is 4.55 Å². The lowest BCUT2D eigenvalue weighted by Crippen LogP contribution is -2.56. The van der Waals surface area contributed by atoms with Gasteiger partial charge in [-0.05, 0) is 5.56 Å². The summed E-state index contributed by atoms with van der Waals surface area (Å²) in [5.41, 5.74) is -0.707. The van der Waals surface area contributed by atoms with Crippen molar-refractivity contribution < 1.29 is 41.7 Å². The van der Waals surface area contributed by atoms with Gasteiger partial charge in [0.1, 0.15) is 28.8 Å². The van der Waals surface area contributed by atoms with Crippen LogP contribution in [0.3, 0.4) is 0 Å². The number of ether oxygens (including phenoxy) is 1. The molecule has 2 rings (SSSR count). The zero-order valence-corrected chi connectivity index (χ0v) is 14.9. The highest BCUT2D eigenvalue weighted by atomic mass is 32.3. The van der Waals surface area contributed by atoms with E-state index in [0.29, 0.717) is 17.3 Å². The van der Waals surface area contributed by atoms with E-state index in [2.05, 4.69) is 9.44 Å². The van der Waals surface area contributed by atoms with Gasteiger partial charge in [0.05, 0.1) is 6.61 Å². The monoisotopic (exact) mass is 411 g/mol. The predicted molar refractivity (Wildman–Crippen MR) is 90.5 cm³/mol. The summed E-state index contributed by atoms with van der Waals surface area (Å²) in [5.74, 6) is 0. The average Bonchev–Trinajstić information content (AvgIpc) is 2.60. The van der Waals surface area contributed by atoms with Gasteiger partial charge in [0, 0.05) is 6.42 Å². The normalized spacial score (nSPS) is 30.2. The molecule has 5 atom stereocenters. The molecule has 1 fully saturated rings. The third kappa shape index (κ3) is 5.87. The minimum absolute atomic E-state index is 0.0239. The van der Waals surface area contributed by atoms with Crippen molar-refractivity contribution in [2.24, 2.45) is 5.16 Å². The molecule has 0 radical (unpaired) electrons. The van der Waals surface area contributed by atoms with Crippen molar-refractivity contribution in [2.75, 3.05) is 6.61 Å². The smallest absolute Gasteiger partial charge is 0.394 e. The molecule has 0 aliphatic carbocycles. The Kier molecular flexibility index (Phi) is 7.34. The Balaban J connectivity index is 2.19. The third-order valence-corrected chi connectivity index (χ3v) is 4.85. The van der Waals surface area contributed by atoms with Gasteiger partial charge in [-0.25, -0.2) is 8.67 Å². The summed E-state index contributed by atoms with van der Waals surface area (Å²) in [6.45, 7) is -0.658. The van der Waals surface area contributed by atoms with Gasteiger partial charge < -0.3 is 20.1 Å². The third-order valence-electron chi connectivity index (χ3n) is 3.49. The molecule has 9 nitrogen and oxygen atoms in total. The molecule has 1 aliphatic rings. The molecule has 1 heterocycles. The molecule has 26 heavy (non-hydrogen) atoms. The molecule has 0 saturated carbocycles. The van der Waals surface area contributed by atoms with Gasteiger partial charge in [-0.2, -0.15) is 8.42 Å².